The van der Waals surface area contributed by atoms with Gasteiger partial charge in [-0.2, -0.15) is 0 Å². The molecule has 0 unspecified atom stereocenters. The zero-order valence-electron chi connectivity index (χ0n) is 9.96. The van der Waals surface area contributed by atoms with Gasteiger partial charge in [0.25, 0.3) is 0 Å². The van der Waals surface area contributed by atoms with Crippen LogP contribution in [0.25, 0.3) is 10.8 Å². The Bertz CT molecular complexity index is 767. The van der Waals surface area contributed by atoms with Crippen LogP contribution in [0.5, 0.6) is 0 Å². The number of fused-ring (bicyclic) bond motifs is 1. The zero-order valence-corrected chi connectivity index (χ0v) is 10.8. The molecule has 0 aliphatic rings. The van der Waals surface area contributed by atoms with Gasteiger partial charge in [-0.3, -0.25) is 4.79 Å². The van der Waals surface area contributed by atoms with Gasteiger partial charge in [0.15, 0.2) is 0 Å². The maximum atomic E-state index is 11.4. The first-order valence-electron chi connectivity index (χ1n) is 5.41. The fourth-order valence-electron chi connectivity index (χ4n) is 1.73. The summed E-state index contributed by atoms with van der Waals surface area (Å²) in [5, 5.41) is 9.09. The van der Waals surface area contributed by atoms with Crippen molar-refractivity contribution in [2.24, 2.45) is 5.14 Å². The second kappa shape index (κ2) is 4.83. The Morgan fingerprint density at radius 2 is 1.95 bits per heavy atom. The van der Waals surface area contributed by atoms with Crippen LogP contribution in [-0.2, 0) is 14.8 Å². The Labute approximate surface area is 110 Å². The molecule has 2 aromatic rings. The van der Waals surface area contributed by atoms with Gasteiger partial charge in [-0.25, -0.2) is 13.6 Å². The number of amides is 1. The van der Waals surface area contributed by atoms with Crippen molar-refractivity contribution in [3.63, 3.8) is 0 Å². The van der Waals surface area contributed by atoms with E-state index in [2.05, 4.69) is 11.9 Å². The number of carbonyl (C=O) groups is 1. The van der Waals surface area contributed by atoms with Crippen molar-refractivity contribution in [1.82, 2.24) is 0 Å². The van der Waals surface area contributed by atoms with Gasteiger partial charge < -0.3 is 5.32 Å². The number of primary sulfonamides is 1. The van der Waals surface area contributed by atoms with E-state index in [-0.39, 0.29) is 4.90 Å². The molecule has 0 radical (unpaired) electrons. The maximum Gasteiger partial charge on any atom is 0.247 e. The Hall–Kier alpha value is -2.18. The molecule has 0 heterocycles. The molecule has 2 rings (SSSR count). The van der Waals surface area contributed by atoms with E-state index in [1.54, 1.807) is 24.3 Å². The summed E-state index contributed by atoms with van der Waals surface area (Å²) in [6.07, 6.45) is 1.11. The molecule has 0 bridgehead atoms. The second-order valence-corrected chi connectivity index (χ2v) is 5.49. The Morgan fingerprint density at radius 1 is 1.26 bits per heavy atom. The Balaban J connectivity index is 2.71. The minimum atomic E-state index is -3.84. The van der Waals surface area contributed by atoms with E-state index in [4.69, 9.17) is 5.14 Å². The standard InChI is InChI=1S/C13H12N2O3S/c1-2-13(16)15-12-8-10(19(14,17)18)7-9-5-3-4-6-11(9)12/h2-8H,1H2,(H,15,16)(H2,14,17,18). The normalized spacial score (nSPS) is 11.2. The van der Waals surface area contributed by atoms with E-state index < -0.39 is 15.9 Å². The van der Waals surface area contributed by atoms with Gasteiger partial charge in [0.05, 0.1) is 10.6 Å². The van der Waals surface area contributed by atoms with E-state index in [1.165, 1.54) is 12.1 Å². The molecule has 0 aromatic heterocycles. The summed E-state index contributed by atoms with van der Waals surface area (Å²) < 4.78 is 22.9. The summed E-state index contributed by atoms with van der Waals surface area (Å²) in [6, 6.07) is 9.89. The van der Waals surface area contributed by atoms with Crippen molar-refractivity contribution in [3.05, 3.63) is 49.1 Å². The van der Waals surface area contributed by atoms with E-state index in [9.17, 15) is 13.2 Å². The molecule has 98 valence electrons. The van der Waals surface area contributed by atoms with Crippen molar-refractivity contribution in [3.8, 4) is 0 Å². The lowest BCUT2D eigenvalue weighted by atomic mass is 10.1. The first kappa shape index (κ1) is 13.3. The van der Waals surface area contributed by atoms with Gasteiger partial charge in [-0.1, -0.05) is 30.8 Å². The zero-order chi connectivity index (χ0) is 14.0. The Morgan fingerprint density at radius 3 is 2.58 bits per heavy atom. The summed E-state index contributed by atoms with van der Waals surface area (Å²) in [6.45, 7) is 3.35. The van der Waals surface area contributed by atoms with Crippen LogP contribution in [0.2, 0.25) is 0 Å². The number of carbonyl (C=O) groups excluding carboxylic acids is 1. The molecule has 0 fully saturated rings. The third kappa shape index (κ3) is 2.81. The van der Waals surface area contributed by atoms with Crippen LogP contribution >= 0.6 is 0 Å². The molecular formula is C13H12N2O3S. The highest BCUT2D eigenvalue weighted by Gasteiger charge is 2.12. The molecule has 0 aliphatic carbocycles. The monoisotopic (exact) mass is 276 g/mol. The average Bonchev–Trinajstić information content (AvgIpc) is 2.37. The Kier molecular flexibility index (Phi) is 3.37. The molecule has 0 atom stereocenters. The van der Waals surface area contributed by atoms with E-state index in [1.807, 2.05) is 0 Å². The molecule has 0 spiro atoms. The first-order chi connectivity index (χ1) is 8.91. The number of benzene rings is 2. The van der Waals surface area contributed by atoms with Crippen molar-refractivity contribution < 1.29 is 13.2 Å². The predicted molar refractivity (Wildman–Crippen MR) is 74.1 cm³/mol. The summed E-state index contributed by atoms with van der Waals surface area (Å²) in [5.74, 6) is -0.420. The number of rotatable bonds is 3. The highest BCUT2D eigenvalue weighted by Crippen LogP contribution is 2.27. The van der Waals surface area contributed by atoms with Gasteiger partial charge in [0, 0.05) is 5.39 Å². The fraction of sp³-hybridized carbons (Fsp3) is 0. The molecule has 1 amide bonds. The molecule has 19 heavy (non-hydrogen) atoms. The van der Waals surface area contributed by atoms with Crippen LogP contribution in [0.3, 0.4) is 0 Å². The minimum Gasteiger partial charge on any atom is -0.322 e. The largest absolute Gasteiger partial charge is 0.322 e. The summed E-state index contributed by atoms with van der Waals surface area (Å²) >= 11 is 0. The quantitative estimate of drug-likeness (QED) is 0.835. The van der Waals surface area contributed by atoms with Gasteiger partial charge in [0.2, 0.25) is 15.9 Å². The number of anilines is 1. The lowest BCUT2D eigenvalue weighted by Gasteiger charge is -2.09. The van der Waals surface area contributed by atoms with Crippen molar-refractivity contribution in [2.75, 3.05) is 5.32 Å². The predicted octanol–water partition coefficient (Wildman–Crippen LogP) is 1.61. The topological polar surface area (TPSA) is 89.3 Å². The third-order valence-corrected chi connectivity index (χ3v) is 3.50. The lowest BCUT2D eigenvalue weighted by Crippen LogP contribution is -2.14. The highest BCUT2D eigenvalue weighted by atomic mass is 32.2. The smallest absolute Gasteiger partial charge is 0.247 e. The summed E-state index contributed by atoms with van der Waals surface area (Å²) in [7, 11) is -3.84. The van der Waals surface area contributed by atoms with Crippen molar-refractivity contribution in [1.29, 1.82) is 0 Å². The molecule has 3 N–H and O–H groups in total. The minimum absolute atomic E-state index is 0.0504. The molecule has 0 saturated heterocycles. The fourth-order valence-corrected chi connectivity index (χ4v) is 2.31. The number of hydrogen-bond acceptors (Lipinski definition) is 3. The van der Waals surface area contributed by atoms with Gasteiger partial charge in [0.1, 0.15) is 0 Å². The second-order valence-electron chi connectivity index (χ2n) is 3.93. The van der Waals surface area contributed by atoms with E-state index in [0.717, 1.165) is 11.5 Å². The number of nitrogens with one attached hydrogen (secondary N) is 1. The maximum absolute atomic E-state index is 11.4. The SMILES string of the molecule is C=CC(=O)Nc1cc(S(N)(=O)=O)cc2ccccc12. The molecule has 5 nitrogen and oxygen atoms in total. The molecular weight excluding hydrogens is 264 g/mol. The molecule has 0 aliphatic heterocycles. The van der Waals surface area contributed by atoms with E-state index >= 15 is 0 Å². The van der Waals surface area contributed by atoms with Crippen LogP contribution in [0, 0.1) is 0 Å². The van der Waals surface area contributed by atoms with Gasteiger partial charge in [-0.05, 0) is 23.6 Å². The first-order valence-corrected chi connectivity index (χ1v) is 6.95. The number of sulfonamides is 1. The van der Waals surface area contributed by atoms with Gasteiger partial charge in [-0.15, -0.1) is 0 Å². The van der Waals surface area contributed by atoms with Crippen LogP contribution in [-0.4, -0.2) is 14.3 Å². The van der Waals surface area contributed by atoms with Crippen LogP contribution in [0.4, 0.5) is 5.69 Å². The lowest BCUT2D eigenvalue weighted by molar-refractivity contribution is -0.111. The van der Waals surface area contributed by atoms with Crippen LogP contribution < -0.4 is 10.5 Å². The average molecular weight is 276 g/mol. The summed E-state index contributed by atoms with van der Waals surface area (Å²) in [5.41, 5.74) is 0.382. The molecule has 2 aromatic carbocycles. The number of hydrogen-bond donors (Lipinski definition) is 2. The molecule has 0 saturated carbocycles. The third-order valence-electron chi connectivity index (χ3n) is 2.61. The van der Waals surface area contributed by atoms with Crippen LogP contribution in [0.15, 0.2) is 53.9 Å². The molecule has 6 heteroatoms. The van der Waals surface area contributed by atoms with Crippen molar-refractivity contribution >= 4 is 32.4 Å². The van der Waals surface area contributed by atoms with Crippen LogP contribution in [0.1, 0.15) is 0 Å². The van der Waals surface area contributed by atoms with Gasteiger partial charge >= 0.3 is 0 Å². The van der Waals surface area contributed by atoms with Crippen molar-refractivity contribution in [2.45, 2.75) is 4.90 Å². The highest BCUT2D eigenvalue weighted by molar-refractivity contribution is 7.89. The summed E-state index contributed by atoms with van der Waals surface area (Å²) in [4.78, 5) is 11.3. The van der Waals surface area contributed by atoms with E-state index in [0.29, 0.717) is 11.1 Å². The number of nitrogens with two attached hydrogens (primary N) is 1.